The van der Waals surface area contributed by atoms with Crippen LogP contribution in [-0.4, -0.2) is 24.3 Å². The van der Waals surface area contributed by atoms with Crippen LogP contribution in [0, 0.1) is 0 Å². The lowest BCUT2D eigenvalue weighted by atomic mass is 10.2. The normalized spacial score (nSPS) is 10.3. The van der Waals surface area contributed by atoms with Crippen LogP contribution in [0.4, 0.5) is 0 Å². The van der Waals surface area contributed by atoms with Crippen molar-refractivity contribution in [1.29, 1.82) is 0 Å². The Labute approximate surface area is 115 Å². The van der Waals surface area contributed by atoms with E-state index in [4.69, 9.17) is 14.6 Å². The predicted molar refractivity (Wildman–Crippen MR) is 72.9 cm³/mol. The van der Waals surface area contributed by atoms with Gasteiger partial charge in [-0.1, -0.05) is 12.1 Å². The molecular formula is C14H14O4S. The molecule has 1 heterocycles. The zero-order valence-corrected chi connectivity index (χ0v) is 11.1. The zero-order chi connectivity index (χ0) is 13.5. The van der Waals surface area contributed by atoms with Gasteiger partial charge < -0.3 is 14.6 Å². The third-order valence-corrected chi connectivity index (χ3v) is 3.25. The molecule has 0 saturated carbocycles. The molecule has 1 N–H and O–H groups in total. The average Bonchev–Trinajstić information content (AvgIpc) is 2.92. The first-order valence-corrected chi connectivity index (χ1v) is 6.70. The maximum absolute atomic E-state index is 10.8. The van der Waals surface area contributed by atoms with Crippen molar-refractivity contribution in [2.24, 2.45) is 0 Å². The third-order valence-electron chi connectivity index (χ3n) is 2.40. The molecule has 0 saturated heterocycles. The molecule has 5 heteroatoms. The second kappa shape index (κ2) is 6.92. The highest BCUT2D eigenvalue weighted by atomic mass is 32.1. The Balaban J connectivity index is 1.70. The van der Waals surface area contributed by atoms with Crippen LogP contribution in [0.15, 0.2) is 41.8 Å². The van der Waals surface area contributed by atoms with Crippen molar-refractivity contribution in [2.75, 3.05) is 13.2 Å². The first-order chi connectivity index (χ1) is 9.25. The van der Waals surface area contributed by atoms with E-state index in [1.54, 1.807) is 23.5 Å². The van der Waals surface area contributed by atoms with Gasteiger partial charge in [0.25, 0.3) is 0 Å². The number of hydrogen-bond donors (Lipinski definition) is 1. The molecule has 0 atom stereocenters. The summed E-state index contributed by atoms with van der Waals surface area (Å²) < 4.78 is 10.9. The SMILES string of the molecule is O=C(O)c1cccc(OCCOCc2cccs2)c1. The van der Waals surface area contributed by atoms with Gasteiger partial charge in [-0.05, 0) is 29.6 Å². The summed E-state index contributed by atoms with van der Waals surface area (Å²) in [4.78, 5) is 12.0. The van der Waals surface area contributed by atoms with E-state index in [-0.39, 0.29) is 5.56 Å². The average molecular weight is 278 g/mol. The van der Waals surface area contributed by atoms with Crippen LogP contribution < -0.4 is 4.74 Å². The third kappa shape index (κ3) is 4.39. The molecule has 0 bridgehead atoms. The molecule has 0 spiro atoms. The summed E-state index contributed by atoms with van der Waals surface area (Å²) >= 11 is 1.65. The Morgan fingerprint density at radius 1 is 1.21 bits per heavy atom. The second-order valence-electron chi connectivity index (χ2n) is 3.81. The zero-order valence-electron chi connectivity index (χ0n) is 10.2. The highest BCUT2D eigenvalue weighted by molar-refractivity contribution is 7.09. The minimum atomic E-state index is -0.959. The Morgan fingerprint density at radius 3 is 2.84 bits per heavy atom. The van der Waals surface area contributed by atoms with Crippen LogP contribution in [0.3, 0.4) is 0 Å². The number of aromatic carboxylic acids is 1. The van der Waals surface area contributed by atoms with Gasteiger partial charge >= 0.3 is 5.97 Å². The molecule has 0 aliphatic carbocycles. The fourth-order valence-corrected chi connectivity index (χ4v) is 2.15. The van der Waals surface area contributed by atoms with E-state index in [1.165, 1.54) is 17.0 Å². The smallest absolute Gasteiger partial charge is 0.335 e. The number of carboxylic acids is 1. The number of carbonyl (C=O) groups is 1. The molecule has 0 unspecified atom stereocenters. The number of thiophene rings is 1. The second-order valence-corrected chi connectivity index (χ2v) is 4.85. The van der Waals surface area contributed by atoms with Gasteiger partial charge in [-0.3, -0.25) is 0 Å². The van der Waals surface area contributed by atoms with Crippen LogP contribution >= 0.6 is 11.3 Å². The highest BCUT2D eigenvalue weighted by Gasteiger charge is 2.03. The van der Waals surface area contributed by atoms with Crippen LogP contribution in [0.5, 0.6) is 5.75 Å². The Morgan fingerprint density at radius 2 is 2.11 bits per heavy atom. The van der Waals surface area contributed by atoms with Crippen molar-refractivity contribution in [3.63, 3.8) is 0 Å². The molecule has 100 valence electrons. The van der Waals surface area contributed by atoms with E-state index in [2.05, 4.69) is 0 Å². The number of benzene rings is 1. The summed E-state index contributed by atoms with van der Waals surface area (Å²) in [6.07, 6.45) is 0. The van der Waals surface area contributed by atoms with E-state index in [1.807, 2.05) is 17.5 Å². The van der Waals surface area contributed by atoms with Crippen molar-refractivity contribution in [3.8, 4) is 5.75 Å². The van der Waals surface area contributed by atoms with Crippen molar-refractivity contribution in [1.82, 2.24) is 0 Å². The maximum Gasteiger partial charge on any atom is 0.335 e. The largest absolute Gasteiger partial charge is 0.491 e. The molecule has 0 aliphatic heterocycles. The van der Waals surface area contributed by atoms with Gasteiger partial charge in [0.15, 0.2) is 0 Å². The Hall–Kier alpha value is -1.85. The number of ether oxygens (including phenoxy) is 2. The first kappa shape index (κ1) is 13.6. The molecule has 4 nitrogen and oxygen atoms in total. The molecule has 0 amide bonds. The molecule has 0 aliphatic rings. The predicted octanol–water partition coefficient (Wildman–Crippen LogP) is 3.04. The number of carboxylic acid groups (broad SMARTS) is 1. The van der Waals surface area contributed by atoms with Gasteiger partial charge in [0, 0.05) is 4.88 Å². The number of hydrogen-bond acceptors (Lipinski definition) is 4. The van der Waals surface area contributed by atoms with Gasteiger partial charge in [-0.2, -0.15) is 0 Å². The van der Waals surface area contributed by atoms with Crippen molar-refractivity contribution in [2.45, 2.75) is 6.61 Å². The van der Waals surface area contributed by atoms with Crippen LogP contribution in [0.25, 0.3) is 0 Å². The molecular weight excluding hydrogens is 264 g/mol. The quantitative estimate of drug-likeness (QED) is 0.791. The van der Waals surface area contributed by atoms with E-state index in [0.29, 0.717) is 25.6 Å². The minimum absolute atomic E-state index is 0.219. The van der Waals surface area contributed by atoms with Gasteiger partial charge in [0.2, 0.25) is 0 Å². The van der Waals surface area contributed by atoms with Crippen LogP contribution in [0.1, 0.15) is 15.2 Å². The topological polar surface area (TPSA) is 55.8 Å². The molecule has 19 heavy (non-hydrogen) atoms. The van der Waals surface area contributed by atoms with Crippen LogP contribution in [-0.2, 0) is 11.3 Å². The summed E-state index contributed by atoms with van der Waals surface area (Å²) in [5.41, 5.74) is 0.219. The van der Waals surface area contributed by atoms with Crippen molar-refractivity contribution >= 4 is 17.3 Å². The van der Waals surface area contributed by atoms with E-state index in [0.717, 1.165) is 0 Å². The summed E-state index contributed by atoms with van der Waals surface area (Å²) in [5, 5.41) is 10.9. The van der Waals surface area contributed by atoms with Gasteiger partial charge in [0.1, 0.15) is 12.4 Å². The standard InChI is InChI=1S/C14H14O4S/c15-14(16)11-3-1-4-12(9-11)18-7-6-17-10-13-5-2-8-19-13/h1-5,8-9H,6-7,10H2,(H,15,16). The summed E-state index contributed by atoms with van der Waals surface area (Å²) in [6, 6.07) is 10.4. The summed E-state index contributed by atoms with van der Waals surface area (Å²) in [7, 11) is 0. The monoisotopic (exact) mass is 278 g/mol. The van der Waals surface area contributed by atoms with E-state index in [9.17, 15) is 4.79 Å². The number of rotatable bonds is 7. The molecule has 1 aromatic carbocycles. The van der Waals surface area contributed by atoms with Crippen molar-refractivity contribution < 1.29 is 19.4 Å². The van der Waals surface area contributed by atoms with Crippen molar-refractivity contribution in [3.05, 3.63) is 52.2 Å². The van der Waals surface area contributed by atoms with Crippen LogP contribution in [0.2, 0.25) is 0 Å². The van der Waals surface area contributed by atoms with Gasteiger partial charge in [0.05, 0.1) is 18.8 Å². The molecule has 2 aromatic rings. The molecule has 2 rings (SSSR count). The summed E-state index contributed by atoms with van der Waals surface area (Å²) in [5.74, 6) is -0.418. The fourth-order valence-electron chi connectivity index (χ4n) is 1.50. The van der Waals surface area contributed by atoms with Gasteiger partial charge in [-0.25, -0.2) is 4.79 Å². The molecule has 1 aromatic heterocycles. The molecule has 0 radical (unpaired) electrons. The molecule has 0 fully saturated rings. The summed E-state index contributed by atoms with van der Waals surface area (Å²) in [6.45, 7) is 1.44. The first-order valence-electron chi connectivity index (χ1n) is 5.82. The van der Waals surface area contributed by atoms with E-state index >= 15 is 0 Å². The minimum Gasteiger partial charge on any atom is -0.491 e. The lowest BCUT2D eigenvalue weighted by Gasteiger charge is -2.07. The Bertz CT molecular complexity index is 522. The highest BCUT2D eigenvalue weighted by Crippen LogP contribution is 2.13. The lowest BCUT2D eigenvalue weighted by Crippen LogP contribution is -2.07. The maximum atomic E-state index is 10.8. The fraction of sp³-hybridized carbons (Fsp3) is 0.214. The Kier molecular flexibility index (Phi) is 4.94. The lowest BCUT2D eigenvalue weighted by molar-refractivity contribution is 0.0695. The van der Waals surface area contributed by atoms with E-state index < -0.39 is 5.97 Å². The van der Waals surface area contributed by atoms with Gasteiger partial charge in [-0.15, -0.1) is 11.3 Å².